The summed E-state index contributed by atoms with van der Waals surface area (Å²) in [4.78, 5) is 19.3. The van der Waals surface area contributed by atoms with Gasteiger partial charge < -0.3 is 19.1 Å². The molecule has 2 aliphatic rings. The monoisotopic (exact) mass is 454 g/mol. The number of thioether (sulfide) groups is 1. The van der Waals surface area contributed by atoms with Crippen LogP contribution in [0, 0.1) is 5.82 Å². The van der Waals surface area contributed by atoms with Gasteiger partial charge in [0.1, 0.15) is 12.4 Å². The molecule has 0 fully saturated rings. The number of benzene rings is 2. The lowest BCUT2D eigenvalue weighted by Gasteiger charge is -2.33. The Morgan fingerprint density at radius 1 is 1.22 bits per heavy atom. The van der Waals surface area contributed by atoms with E-state index < -0.39 is 12.0 Å². The van der Waals surface area contributed by atoms with Crippen LogP contribution in [0.4, 0.5) is 4.39 Å². The molecule has 0 radical (unpaired) electrons. The van der Waals surface area contributed by atoms with Crippen LogP contribution in [0.15, 0.2) is 70.3 Å². The maximum absolute atomic E-state index is 13.9. The Kier molecular flexibility index (Phi) is 6.50. The van der Waals surface area contributed by atoms with Crippen molar-refractivity contribution >= 4 is 22.9 Å². The van der Waals surface area contributed by atoms with Crippen LogP contribution in [0.2, 0.25) is 0 Å². The molecule has 2 aliphatic heterocycles. The Hall–Kier alpha value is -3.26. The van der Waals surface area contributed by atoms with Gasteiger partial charge in [-0.1, -0.05) is 36.0 Å². The van der Waals surface area contributed by atoms with E-state index in [-0.39, 0.29) is 19.0 Å². The molecule has 0 N–H and O–H groups in total. The molecule has 2 aromatic rings. The predicted octanol–water partition coefficient (Wildman–Crippen LogP) is 5.18. The van der Waals surface area contributed by atoms with Gasteiger partial charge in [0, 0.05) is 11.8 Å². The lowest BCUT2D eigenvalue weighted by Crippen LogP contribution is -2.34. The molecule has 2 aromatic carbocycles. The van der Waals surface area contributed by atoms with Crippen LogP contribution in [0.5, 0.6) is 11.5 Å². The average molecular weight is 455 g/mol. The van der Waals surface area contributed by atoms with Crippen molar-refractivity contribution in [1.29, 1.82) is 0 Å². The van der Waals surface area contributed by atoms with Crippen molar-refractivity contribution in [1.82, 2.24) is 4.90 Å². The van der Waals surface area contributed by atoms with Crippen molar-refractivity contribution < 1.29 is 23.4 Å². The van der Waals surface area contributed by atoms with Crippen molar-refractivity contribution in [2.24, 2.45) is 4.99 Å². The van der Waals surface area contributed by atoms with E-state index in [4.69, 9.17) is 14.2 Å². The maximum Gasteiger partial charge on any atom is 0.338 e. The van der Waals surface area contributed by atoms with E-state index >= 15 is 0 Å². The van der Waals surface area contributed by atoms with Gasteiger partial charge in [0.2, 0.25) is 0 Å². The number of esters is 1. The molecule has 0 aromatic heterocycles. The molecule has 0 saturated carbocycles. The molecule has 0 spiro atoms. The molecule has 0 saturated heterocycles. The van der Waals surface area contributed by atoms with E-state index in [0.717, 1.165) is 10.7 Å². The zero-order chi connectivity index (χ0) is 22.7. The van der Waals surface area contributed by atoms with E-state index in [0.29, 0.717) is 28.3 Å². The van der Waals surface area contributed by atoms with E-state index in [9.17, 15) is 9.18 Å². The summed E-state index contributed by atoms with van der Waals surface area (Å²) in [5.41, 5.74) is 2.37. The smallest absolute Gasteiger partial charge is 0.338 e. The van der Waals surface area contributed by atoms with Crippen LogP contribution in [0.3, 0.4) is 0 Å². The molecular weight excluding hydrogens is 431 g/mol. The van der Waals surface area contributed by atoms with Gasteiger partial charge in [0.05, 0.1) is 31.0 Å². The van der Waals surface area contributed by atoms with Crippen molar-refractivity contribution in [2.75, 3.05) is 13.7 Å². The van der Waals surface area contributed by atoms with Gasteiger partial charge in [-0.2, -0.15) is 0 Å². The maximum atomic E-state index is 13.9. The third-order valence-corrected chi connectivity index (χ3v) is 5.93. The number of rotatable bonds is 7. The first-order valence-electron chi connectivity index (χ1n) is 10.2. The highest BCUT2D eigenvalue weighted by molar-refractivity contribution is 8.16. The minimum absolute atomic E-state index is 0.0706. The minimum Gasteiger partial charge on any atom is -0.493 e. The summed E-state index contributed by atoms with van der Waals surface area (Å²) in [5, 5.41) is 2.72. The molecule has 8 heteroatoms. The largest absolute Gasteiger partial charge is 0.493 e. The number of amidine groups is 1. The predicted molar refractivity (Wildman–Crippen MR) is 122 cm³/mol. The van der Waals surface area contributed by atoms with Crippen LogP contribution < -0.4 is 9.47 Å². The third-order valence-electron chi connectivity index (χ3n) is 5.16. The van der Waals surface area contributed by atoms with Crippen molar-refractivity contribution in [2.45, 2.75) is 26.5 Å². The Morgan fingerprint density at radius 3 is 2.78 bits per heavy atom. The molecular formula is C24H23FN2O4S. The summed E-state index contributed by atoms with van der Waals surface area (Å²) in [6.45, 7) is 3.93. The fourth-order valence-corrected chi connectivity index (χ4v) is 4.43. The molecule has 4 rings (SSSR count). The Labute approximate surface area is 190 Å². The Morgan fingerprint density at radius 2 is 2.03 bits per heavy atom. The number of halogens is 1. The van der Waals surface area contributed by atoms with Crippen LogP contribution >= 0.6 is 11.8 Å². The number of methoxy groups -OCH3 is 1. The number of carbonyl (C=O) groups excluding carboxylic acids is 1. The second kappa shape index (κ2) is 9.48. The number of hydrogen-bond acceptors (Lipinski definition) is 7. The van der Waals surface area contributed by atoms with Crippen molar-refractivity contribution in [3.63, 3.8) is 0 Å². The molecule has 0 amide bonds. The summed E-state index contributed by atoms with van der Waals surface area (Å²) in [6, 6.07) is 11.5. The fraction of sp³-hybridized carbons (Fsp3) is 0.250. The highest BCUT2D eigenvalue weighted by Gasteiger charge is 2.37. The number of carbonyl (C=O) groups is 1. The molecule has 166 valence electrons. The SMILES string of the molecule is CCOC(=O)C1=C(C)N=C2SC=CN2C1c1ccc(OCc2ccccc2F)c(OC)c1. The van der Waals surface area contributed by atoms with E-state index in [1.165, 1.54) is 17.8 Å². The highest BCUT2D eigenvalue weighted by Crippen LogP contribution is 2.43. The number of nitrogens with zero attached hydrogens (tertiary/aromatic N) is 2. The van der Waals surface area contributed by atoms with E-state index in [1.54, 1.807) is 38.3 Å². The normalized spacial score (nSPS) is 17.2. The van der Waals surface area contributed by atoms with Gasteiger partial charge in [-0.25, -0.2) is 14.2 Å². The zero-order valence-corrected chi connectivity index (χ0v) is 18.8. The molecule has 1 atom stereocenters. The molecule has 32 heavy (non-hydrogen) atoms. The standard InChI is InChI=1S/C24H23FN2O4S/c1-4-30-23(28)21-15(2)26-24-27(11-12-32-24)22(21)16-9-10-19(20(13-16)29-3)31-14-17-7-5-6-8-18(17)25/h5-13,22H,4,14H2,1-3H3. The van der Waals surface area contributed by atoms with E-state index in [2.05, 4.69) is 4.99 Å². The zero-order valence-electron chi connectivity index (χ0n) is 18.0. The average Bonchev–Trinajstić information content (AvgIpc) is 3.25. The summed E-state index contributed by atoms with van der Waals surface area (Å²) in [7, 11) is 1.54. The molecule has 0 aliphatic carbocycles. The summed E-state index contributed by atoms with van der Waals surface area (Å²) in [5.74, 6) is 0.241. The highest BCUT2D eigenvalue weighted by atomic mass is 32.2. The summed E-state index contributed by atoms with van der Waals surface area (Å²) < 4.78 is 30.6. The number of aliphatic imine (C=N–C) groups is 1. The number of ether oxygens (including phenoxy) is 3. The number of fused-ring (bicyclic) bond motifs is 1. The van der Waals surface area contributed by atoms with E-state index in [1.807, 2.05) is 35.6 Å². The Balaban J connectivity index is 1.67. The van der Waals surface area contributed by atoms with Gasteiger partial charge in [-0.15, -0.1) is 0 Å². The minimum atomic E-state index is -0.415. The van der Waals surface area contributed by atoms with Crippen LogP contribution in [-0.4, -0.2) is 29.8 Å². The van der Waals surface area contributed by atoms with Gasteiger partial charge in [-0.05, 0) is 43.0 Å². The lowest BCUT2D eigenvalue weighted by atomic mass is 9.94. The molecule has 6 nitrogen and oxygen atoms in total. The number of allylic oxidation sites excluding steroid dienone is 1. The van der Waals surface area contributed by atoms with Crippen molar-refractivity contribution in [3.05, 3.63) is 82.3 Å². The number of hydrogen-bond donors (Lipinski definition) is 0. The fourth-order valence-electron chi connectivity index (χ4n) is 3.64. The van der Waals surface area contributed by atoms with Gasteiger partial charge in [0.15, 0.2) is 16.7 Å². The first kappa shape index (κ1) is 22.0. The molecule has 0 bridgehead atoms. The van der Waals surface area contributed by atoms with Crippen LogP contribution in [0.1, 0.15) is 31.0 Å². The first-order valence-corrected chi connectivity index (χ1v) is 11.0. The second-order valence-electron chi connectivity index (χ2n) is 7.12. The van der Waals surface area contributed by atoms with Gasteiger partial charge in [0.25, 0.3) is 0 Å². The quantitative estimate of drug-likeness (QED) is 0.537. The summed E-state index contributed by atoms with van der Waals surface area (Å²) >= 11 is 1.49. The first-order chi connectivity index (χ1) is 15.5. The summed E-state index contributed by atoms with van der Waals surface area (Å²) in [6.07, 6.45) is 1.90. The van der Waals surface area contributed by atoms with Crippen LogP contribution in [-0.2, 0) is 16.1 Å². The molecule has 2 heterocycles. The third kappa shape index (κ3) is 4.23. The van der Waals surface area contributed by atoms with Gasteiger partial charge >= 0.3 is 5.97 Å². The Bertz CT molecular complexity index is 1130. The van der Waals surface area contributed by atoms with Crippen molar-refractivity contribution in [3.8, 4) is 11.5 Å². The molecule has 1 unspecified atom stereocenters. The lowest BCUT2D eigenvalue weighted by molar-refractivity contribution is -0.139. The van der Waals surface area contributed by atoms with Crippen LogP contribution in [0.25, 0.3) is 0 Å². The second-order valence-corrected chi connectivity index (χ2v) is 7.99. The topological polar surface area (TPSA) is 60.4 Å². The van der Waals surface area contributed by atoms with Gasteiger partial charge in [-0.3, -0.25) is 0 Å².